The number of nitrogens with one attached hydrogen (secondary N) is 1. The summed E-state index contributed by atoms with van der Waals surface area (Å²) in [4.78, 5) is 0. The second kappa shape index (κ2) is 6.06. The lowest BCUT2D eigenvalue weighted by Gasteiger charge is -2.06. The van der Waals surface area contributed by atoms with Crippen LogP contribution in [0.1, 0.15) is 44.8 Å². The number of hydrogen-bond acceptors (Lipinski definition) is 3. The average molecular weight is 225 g/mol. The lowest BCUT2D eigenvalue weighted by molar-refractivity contribution is 0.0541. The van der Waals surface area contributed by atoms with Gasteiger partial charge in [-0.15, -0.1) is 0 Å². The van der Waals surface area contributed by atoms with Crippen LogP contribution in [0, 0.1) is 6.92 Å². The minimum Gasteiger partial charge on any atom is -0.464 e. The van der Waals surface area contributed by atoms with Gasteiger partial charge in [-0.2, -0.15) is 0 Å². The zero-order valence-electron chi connectivity index (χ0n) is 11.0. The predicted octanol–water partition coefficient (Wildman–Crippen LogP) is 3.01. The number of aryl methyl sites for hydroxylation is 1. The third kappa shape index (κ3) is 4.37. The van der Waals surface area contributed by atoms with Gasteiger partial charge in [-0.3, -0.25) is 0 Å². The third-order valence-electron chi connectivity index (χ3n) is 2.33. The molecule has 0 aromatic carbocycles. The normalized spacial score (nSPS) is 11.7. The largest absolute Gasteiger partial charge is 0.464 e. The monoisotopic (exact) mass is 225 g/mol. The van der Waals surface area contributed by atoms with E-state index in [0.29, 0.717) is 12.6 Å². The lowest BCUT2D eigenvalue weighted by atomic mass is 10.2. The van der Waals surface area contributed by atoms with Crippen LogP contribution in [0.5, 0.6) is 0 Å². The minimum atomic E-state index is 0.239. The molecule has 0 saturated carbocycles. The van der Waals surface area contributed by atoms with Gasteiger partial charge in [0.05, 0.1) is 6.10 Å². The Morgan fingerprint density at radius 3 is 2.56 bits per heavy atom. The SMILES string of the molecule is Cc1oc(COC(C)C)cc1CNC(C)C. The van der Waals surface area contributed by atoms with Gasteiger partial charge in [-0.05, 0) is 26.8 Å². The Labute approximate surface area is 98.2 Å². The fraction of sp³-hybridized carbons (Fsp3) is 0.692. The second-order valence-electron chi connectivity index (χ2n) is 4.69. The van der Waals surface area contributed by atoms with E-state index in [4.69, 9.17) is 9.15 Å². The first kappa shape index (κ1) is 13.3. The molecule has 1 N–H and O–H groups in total. The molecule has 1 rings (SSSR count). The Hall–Kier alpha value is -0.800. The van der Waals surface area contributed by atoms with Crippen molar-refractivity contribution in [3.05, 3.63) is 23.2 Å². The minimum absolute atomic E-state index is 0.239. The highest BCUT2D eigenvalue weighted by molar-refractivity contribution is 5.20. The van der Waals surface area contributed by atoms with Crippen molar-refractivity contribution in [2.24, 2.45) is 0 Å². The summed E-state index contributed by atoms with van der Waals surface area (Å²) in [5, 5.41) is 3.38. The van der Waals surface area contributed by atoms with Crippen LogP contribution in [-0.2, 0) is 17.9 Å². The molecule has 0 unspecified atom stereocenters. The van der Waals surface area contributed by atoms with Crippen molar-refractivity contribution in [1.82, 2.24) is 5.32 Å². The molecule has 1 heterocycles. The Bertz CT molecular complexity index is 316. The zero-order chi connectivity index (χ0) is 12.1. The summed E-state index contributed by atoms with van der Waals surface area (Å²) in [5.74, 6) is 1.89. The molecule has 0 radical (unpaired) electrons. The van der Waals surface area contributed by atoms with Crippen LogP contribution in [0.25, 0.3) is 0 Å². The standard InChI is InChI=1S/C13H23NO2/c1-9(2)14-7-12-6-13(16-11(12)5)8-15-10(3)4/h6,9-10,14H,7-8H2,1-5H3. The van der Waals surface area contributed by atoms with E-state index in [0.717, 1.165) is 18.1 Å². The highest BCUT2D eigenvalue weighted by Gasteiger charge is 2.08. The Kier molecular flexibility index (Phi) is 5.03. The molecule has 1 aromatic rings. The molecule has 0 amide bonds. The van der Waals surface area contributed by atoms with Gasteiger partial charge in [0.15, 0.2) is 0 Å². The van der Waals surface area contributed by atoms with Gasteiger partial charge < -0.3 is 14.5 Å². The van der Waals surface area contributed by atoms with E-state index >= 15 is 0 Å². The topological polar surface area (TPSA) is 34.4 Å². The molecule has 1 aromatic heterocycles. The summed E-state index contributed by atoms with van der Waals surface area (Å²) in [6, 6.07) is 2.57. The first-order valence-corrected chi connectivity index (χ1v) is 5.92. The van der Waals surface area contributed by atoms with Crippen LogP contribution >= 0.6 is 0 Å². The Morgan fingerprint density at radius 1 is 1.31 bits per heavy atom. The highest BCUT2D eigenvalue weighted by atomic mass is 16.5. The van der Waals surface area contributed by atoms with Gasteiger partial charge in [0.25, 0.3) is 0 Å². The molecule has 3 heteroatoms. The van der Waals surface area contributed by atoms with Crippen molar-refractivity contribution < 1.29 is 9.15 Å². The van der Waals surface area contributed by atoms with Crippen LogP contribution < -0.4 is 5.32 Å². The van der Waals surface area contributed by atoms with Crippen molar-refractivity contribution >= 4 is 0 Å². The summed E-state index contributed by atoms with van der Waals surface area (Å²) in [7, 11) is 0. The summed E-state index contributed by atoms with van der Waals surface area (Å²) in [5.41, 5.74) is 1.22. The van der Waals surface area contributed by atoms with Crippen LogP contribution in [0.2, 0.25) is 0 Å². The van der Waals surface area contributed by atoms with Crippen LogP contribution in [-0.4, -0.2) is 12.1 Å². The molecule has 16 heavy (non-hydrogen) atoms. The molecule has 0 aliphatic heterocycles. The van der Waals surface area contributed by atoms with Crippen molar-refractivity contribution in [2.75, 3.05) is 0 Å². The fourth-order valence-corrected chi connectivity index (χ4v) is 1.40. The quantitative estimate of drug-likeness (QED) is 0.808. The van der Waals surface area contributed by atoms with Crippen LogP contribution in [0.3, 0.4) is 0 Å². The van der Waals surface area contributed by atoms with Gasteiger partial charge in [0.1, 0.15) is 18.1 Å². The molecule has 0 aliphatic carbocycles. The van der Waals surface area contributed by atoms with E-state index in [2.05, 4.69) is 25.2 Å². The summed E-state index contributed by atoms with van der Waals surface area (Å²) in [6.07, 6.45) is 0.239. The van der Waals surface area contributed by atoms with E-state index in [1.807, 2.05) is 20.8 Å². The highest BCUT2D eigenvalue weighted by Crippen LogP contribution is 2.16. The molecule has 92 valence electrons. The Balaban J connectivity index is 2.52. The molecular formula is C13H23NO2. The number of ether oxygens (including phenoxy) is 1. The number of hydrogen-bond donors (Lipinski definition) is 1. The van der Waals surface area contributed by atoms with Crippen LogP contribution in [0.15, 0.2) is 10.5 Å². The van der Waals surface area contributed by atoms with E-state index in [-0.39, 0.29) is 6.10 Å². The van der Waals surface area contributed by atoms with Gasteiger partial charge in [0, 0.05) is 18.2 Å². The number of furan rings is 1. The molecule has 0 saturated heterocycles. The molecule has 0 atom stereocenters. The molecule has 3 nitrogen and oxygen atoms in total. The van der Waals surface area contributed by atoms with Crippen LogP contribution in [0.4, 0.5) is 0 Å². The van der Waals surface area contributed by atoms with Crippen molar-refractivity contribution in [2.45, 2.75) is 59.9 Å². The van der Waals surface area contributed by atoms with Gasteiger partial charge in [-0.25, -0.2) is 0 Å². The molecular weight excluding hydrogens is 202 g/mol. The first-order chi connectivity index (χ1) is 7.49. The number of rotatable bonds is 6. The molecule has 0 bridgehead atoms. The van der Waals surface area contributed by atoms with E-state index in [9.17, 15) is 0 Å². The fourth-order valence-electron chi connectivity index (χ4n) is 1.40. The molecule has 0 aliphatic rings. The predicted molar refractivity (Wildman–Crippen MR) is 65.3 cm³/mol. The van der Waals surface area contributed by atoms with Crippen molar-refractivity contribution in [3.8, 4) is 0 Å². The van der Waals surface area contributed by atoms with E-state index < -0.39 is 0 Å². The maximum atomic E-state index is 5.63. The van der Waals surface area contributed by atoms with Crippen molar-refractivity contribution in [1.29, 1.82) is 0 Å². The lowest BCUT2D eigenvalue weighted by Crippen LogP contribution is -2.21. The van der Waals surface area contributed by atoms with Gasteiger partial charge in [-0.1, -0.05) is 13.8 Å². The molecule has 0 spiro atoms. The summed E-state index contributed by atoms with van der Waals surface area (Å²) in [6.45, 7) is 11.7. The summed E-state index contributed by atoms with van der Waals surface area (Å²) < 4.78 is 11.1. The molecule has 0 fully saturated rings. The smallest absolute Gasteiger partial charge is 0.130 e. The van der Waals surface area contributed by atoms with Gasteiger partial charge >= 0.3 is 0 Å². The Morgan fingerprint density at radius 2 is 2.00 bits per heavy atom. The van der Waals surface area contributed by atoms with Crippen molar-refractivity contribution in [3.63, 3.8) is 0 Å². The van der Waals surface area contributed by atoms with E-state index in [1.54, 1.807) is 0 Å². The average Bonchev–Trinajstić information content (AvgIpc) is 2.53. The van der Waals surface area contributed by atoms with E-state index in [1.165, 1.54) is 5.56 Å². The zero-order valence-corrected chi connectivity index (χ0v) is 11.0. The first-order valence-electron chi connectivity index (χ1n) is 5.92. The maximum Gasteiger partial charge on any atom is 0.130 e. The van der Waals surface area contributed by atoms with Gasteiger partial charge in [0.2, 0.25) is 0 Å². The third-order valence-corrected chi connectivity index (χ3v) is 2.33. The summed E-state index contributed by atoms with van der Waals surface area (Å²) >= 11 is 0. The maximum absolute atomic E-state index is 5.63. The second-order valence-corrected chi connectivity index (χ2v) is 4.69.